The molecule has 3 saturated heterocycles. The Hall–Kier alpha value is -4.97. The van der Waals surface area contributed by atoms with Gasteiger partial charge in [-0.1, -0.05) is 79.6 Å². The highest BCUT2D eigenvalue weighted by Crippen LogP contribution is 2.28. The number of hydrogen-bond acceptors (Lipinski definition) is 8. The molecule has 3 heterocycles. The average molecular weight is 629 g/mol. The van der Waals surface area contributed by atoms with Crippen LogP contribution in [0.15, 0.2) is 72.8 Å². The van der Waals surface area contributed by atoms with Gasteiger partial charge in [0, 0.05) is 12.1 Å². The predicted octanol–water partition coefficient (Wildman–Crippen LogP) is 2.48. The molecule has 0 saturated carbocycles. The van der Waals surface area contributed by atoms with E-state index >= 15 is 0 Å². The number of piperazine rings is 1. The lowest BCUT2D eigenvalue weighted by Gasteiger charge is -2.47. The summed E-state index contributed by atoms with van der Waals surface area (Å²) in [4.78, 5) is 69.6. The van der Waals surface area contributed by atoms with Gasteiger partial charge in [0.1, 0.15) is 24.7 Å². The highest BCUT2D eigenvalue weighted by atomic mass is 16.6. The van der Waals surface area contributed by atoms with Gasteiger partial charge in [-0.3, -0.25) is 19.2 Å². The summed E-state index contributed by atoms with van der Waals surface area (Å²) in [6, 6.07) is 18.5. The number of esters is 1. The quantitative estimate of drug-likeness (QED) is 0.352. The topological polar surface area (TPSA) is 155 Å². The summed E-state index contributed by atoms with van der Waals surface area (Å²) >= 11 is 0. The SMILES string of the molecule is O=C1CC(NC(=O)[C@@H]2CN(C(=O)OCc3ccccc3)C[C@@H]3CCCC[C@H](NC(=O)c4cccc5ccccc45)C(=O)N32)C(O)O1. The van der Waals surface area contributed by atoms with Crippen molar-refractivity contribution in [2.75, 3.05) is 13.1 Å². The zero-order chi connectivity index (χ0) is 32.2. The van der Waals surface area contributed by atoms with E-state index in [1.54, 1.807) is 12.1 Å². The van der Waals surface area contributed by atoms with Gasteiger partial charge in [0.25, 0.3) is 5.91 Å². The van der Waals surface area contributed by atoms with Crippen molar-refractivity contribution in [2.24, 2.45) is 0 Å². The van der Waals surface area contributed by atoms with Crippen molar-refractivity contribution in [1.82, 2.24) is 20.4 Å². The number of rotatable bonds is 6. The van der Waals surface area contributed by atoms with Crippen LogP contribution in [0.2, 0.25) is 0 Å². The molecule has 0 aliphatic carbocycles. The standard InChI is InChI=1S/C34H36N4O8/c39-29-17-27(33(43)46-29)36-31(41)28-19-37(34(44)45-20-21-9-2-1-3-10-21)18-23-13-5-7-16-26(32(42)38(23)28)35-30(40)25-15-8-12-22-11-4-6-14-24(22)25/h1-4,6,8-12,14-15,23,26-28,33,43H,5,7,13,16-20H2,(H,35,40)(H,36,41)/t23-,26-,27?,28-,33?/m0/s1. The monoisotopic (exact) mass is 628 g/mol. The van der Waals surface area contributed by atoms with Gasteiger partial charge in [0.15, 0.2) is 0 Å². The fourth-order valence-electron chi connectivity index (χ4n) is 6.47. The van der Waals surface area contributed by atoms with Gasteiger partial charge < -0.3 is 35.0 Å². The highest BCUT2D eigenvalue weighted by Gasteiger charge is 2.47. The molecule has 3 aromatic carbocycles. The molecule has 12 nitrogen and oxygen atoms in total. The molecule has 4 amide bonds. The van der Waals surface area contributed by atoms with E-state index in [1.807, 2.05) is 60.7 Å². The van der Waals surface area contributed by atoms with Crippen molar-refractivity contribution in [1.29, 1.82) is 0 Å². The van der Waals surface area contributed by atoms with E-state index in [-0.39, 0.29) is 26.1 Å². The lowest BCUT2D eigenvalue weighted by molar-refractivity contribution is -0.156. The Kier molecular flexibility index (Phi) is 9.16. The fraction of sp³-hybridized carbons (Fsp3) is 0.382. The van der Waals surface area contributed by atoms with Crippen LogP contribution in [0.3, 0.4) is 0 Å². The molecular weight excluding hydrogens is 592 g/mol. The third kappa shape index (κ3) is 6.66. The largest absolute Gasteiger partial charge is 0.445 e. The van der Waals surface area contributed by atoms with Gasteiger partial charge in [-0.2, -0.15) is 0 Å². The molecule has 3 fully saturated rings. The number of hydrogen-bond donors (Lipinski definition) is 3. The van der Waals surface area contributed by atoms with Crippen molar-refractivity contribution in [2.45, 2.75) is 69.2 Å². The molecule has 6 rings (SSSR count). The summed E-state index contributed by atoms with van der Waals surface area (Å²) in [6.45, 7) is 0.000423. The zero-order valence-electron chi connectivity index (χ0n) is 25.2. The Balaban J connectivity index is 1.24. The van der Waals surface area contributed by atoms with Gasteiger partial charge in [0.05, 0.1) is 19.0 Å². The van der Waals surface area contributed by atoms with Crippen LogP contribution < -0.4 is 10.6 Å². The van der Waals surface area contributed by atoms with Crippen LogP contribution in [0.1, 0.15) is 48.0 Å². The average Bonchev–Trinajstić information content (AvgIpc) is 3.38. The molecule has 0 bridgehead atoms. The lowest BCUT2D eigenvalue weighted by atomic mass is 9.93. The number of carbonyl (C=O) groups excluding carboxylic acids is 5. The van der Waals surface area contributed by atoms with Crippen molar-refractivity contribution in [3.8, 4) is 0 Å². The number of benzene rings is 3. The molecule has 3 aromatic rings. The molecule has 2 unspecified atom stereocenters. The van der Waals surface area contributed by atoms with Crippen LogP contribution >= 0.6 is 0 Å². The summed E-state index contributed by atoms with van der Waals surface area (Å²) in [5.74, 6) is -2.15. The molecule has 0 radical (unpaired) electrons. The molecular formula is C34H36N4O8. The number of cyclic esters (lactones) is 1. The lowest BCUT2D eigenvalue weighted by Crippen LogP contribution is -2.69. The van der Waals surface area contributed by atoms with Crippen LogP contribution in [0.25, 0.3) is 10.8 Å². The number of fused-ring (bicyclic) bond motifs is 2. The van der Waals surface area contributed by atoms with E-state index < -0.39 is 60.2 Å². The predicted molar refractivity (Wildman–Crippen MR) is 165 cm³/mol. The number of amides is 4. The summed E-state index contributed by atoms with van der Waals surface area (Å²) in [7, 11) is 0. The van der Waals surface area contributed by atoms with Gasteiger partial charge in [-0.25, -0.2) is 4.79 Å². The molecule has 3 aliphatic rings. The van der Waals surface area contributed by atoms with Gasteiger partial charge >= 0.3 is 12.1 Å². The fourth-order valence-corrected chi connectivity index (χ4v) is 6.47. The third-order valence-corrected chi connectivity index (χ3v) is 8.80. The van der Waals surface area contributed by atoms with Crippen molar-refractivity contribution < 1.29 is 38.6 Å². The zero-order valence-corrected chi connectivity index (χ0v) is 25.2. The minimum atomic E-state index is -1.53. The Morgan fingerprint density at radius 3 is 2.41 bits per heavy atom. The smallest absolute Gasteiger partial charge is 0.410 e. The van der Waals surface area contributed by atoms with Gasteiger partial charge in [-0.15, -0.1) is 0 Å². The molecule has 0 spiro atoms. The van der Waals surface area contributed by atoms with E-state index in [4.69, 9.17) is 9.47 Å². The Bertz CT molecular complexity index is 1630. The summed E-state index contributed by atoms with van der Waals surface area (Å²) < 4.78 is 10.4. The van der Waals surface area contributed by atoms with Gasteiger partial charge in [-0.05, 0) is 35.2 Å². The van der Waals surface area contributed by atoms with Crippen LogP contribution in [-0.2, 0) is 30.5 Å². The number of nitrogens with zero attached hydrogens (tertiary/aromatic N) is 2. The second-order valence-corrected chi connectivity index (χ2v) is 11.9. The van der Waals surface area contributed by atoms with E-state index in [9.17, 15) is 29.1 Å². The van der Waals surface area contributed by atoms with Crippen molar-refractivity contribution in [3.05, 3.63) is 83.9 Å². The van der Waals surface area contributed by atoms with E-state index in [1.165, 1.54) is 9.80 Å². The number of aliphatic hydroxyl groups is 1. The first-order chi connectivity index (χ1) is 22.3. The summed E-state index contributed by atoms with van der Waals surface area (Å²) in [6.07, 6.45) is -0.146. The highest BCUT2D eigenvalue weighted by molar-refractivity contribution is 6.08. The Labute approximate surface area is 265 Å². The maximum absolute atomic E-state index is 14.3. The normalized spacial score (nSPS) is 24.8. The maximum atomic E-state index is 14.3. The molecule has 240 valence electrons. The van der Waals surface area contributed by atoms with Gasteiger partial charge in [0.2, 0.25) is 18.1 Å². The summed E-state index contributed by atoms with van der Waals surface area (Å²) in [5, 5.41) is 17.4. The van der Waals surface area contributed by atoms with Crippen LogP contribution in [0.5, 0.6) is 0 Å². The third-order valence-electron chi connectivity index (χ3n) is 8.80. The van der Waals surface area contributed by atoms with E-state index in [0.29, 0.717) is 31.2 Å². The molecule has 12 heteroatoms. The summed E-state index contributed by atoms with van der Waals surface area (Å²) in [5.41, 5.74) is 1.24. The number of aliphatic hydroxyl groups excluding tert-OH is 1. The van der Waals surface area contributed by atoms with E-state index in [0.717, 1.165) is 16.3 Å². The molecule has 3 N–H and O–H groups in total. The minimum absolute atomic E-state index is 0.0380. The van der Waals surface area contributed by atoms with Crippen molar-refractivity contribution in [3.63, 3.8) is 0 Å². The van der Waals surface area contributed by atoms with E-state index in [2.05, 4.69) is 10.6 Å². The molecule has 5 atom stereocenters. The minimum Gasteiger partial charge on any atom is -0.445 e. The first-order valence-corrected chi connectivity index (χ1v) is 15.5. The number of carbonyl (C=O) groups is 5. The van der Waals surface area contributed by atoms with Crippen LogP contribution in [0.4, 0.5) is 4.79 Å². The number of ether oxygens (including phenoxy) is 2. The van der Waals surface area contributed by atoms with Crippen molar-refractivity contribution >= 4 is 40.6 Å². The Morgan fingerprint density at radius 1 is 0.891 bits per heavy atom. The van der Waals surface area contributed by atoms with Crippen LogP contribution in [-0.4, -0.2) is 88.2 Å². The van der Waals surface area contributed by atoms with Crippen LogP contribution in [0, 0.1) is 0 Å². The maximum Gasteiger partial charge on any atom is 0.410 e. The molecule has 0 aromatic heterocycles. The first kappa shape index (κ1) is 31.0. The molecule has 3 aliphatic heterocycles. The Morgan fingerprint density at radius 2 is 1.63 bits per heavy atom. The number of nitrogens with one attached hydrogen (secondary N) is 2. The second-order valence-electron chi connectivity index (χ2n) is 11.9. The second kappa shape index (κ2) is 13.6. The molecule has 46 heavy (non-hydrogen) atoms. The first-order valence-electron chi connectivity index (χ1n) is 15.5.